The normalized spacial score (nSPS) is 28.8. The Bertz CT molecular complexity index is 508. The van der Waals surface area contributed by atoms with Crippen molar-refractivity contribution in [1.29, 1.82) is 0 Å². The van der Waals surface area contributed by atoms with Gasteiger partial charge in [0.25, 0.3) is 0 Å². The second-order valence-electron chi connectivity index (χ2n) is 6.71. The Hall–Kier alpha value is -1.26. The van der Waals surface area contributed by atoms with E-state index >= 15 is 0 Å². The van der Waals surface area contributed by atoms with Crippen LogP contribution in [0.4, 0.5) is 0 Å². The maximum atomic E-state index is 5.46. The van der Waals surface area contributed by atoms with E-state index in [9.17, 15) is 0 Å². The Morgan fingerprint density at radius 3 is 2.76 bits per heavy atom. The Morgan fingerprint density at radius 1 is 1.19 bits per heavy atom. The van der Waals surface area contributed by atoms with E-state index < -0.39 is 0 Å². The molecule has 4 nitrogen and oxygen atoms in total. The summed E-state index contributed by atoms with van der Waals surface area (Å²) in [4.78, 5) is 2.68. The molecule has 0 radical (unpaired) electrons. The molecular formula is C17H24N2O2. The first-order chi connectivity index (χ1) is 10.3. The van der Waals surface area contributed by atoms with Gasteiger partial charge < -0.3 is 14.8 Å². The Balaban J connectivity index is 1.32. The van der Waals surface area contributed by atoms with Crippen molar-refractivity contribution in [1.82, 2.24) is 10.2 Å². The lowest BCUT2D eigenvalue weighted by molar-refractivity contribution is 0.174. The summed E-state index contributed by atoms with van der Waals surface area (Å²) >= 11 is 0. The number of benzene rings is 1. The lowest BCUT2D eigenvalue weighted by Gasteiger charge is -2.25. The lowest BCUT2D eigenvalue weighted by atomic mass is 10.0. The van der Waals surface area contributed by atoms with Gasteiger partial charge in [-0.2, -0.15) is 0 Å². The molecule has 0 spiro atoms. The third-order valence-corrected chi connectivity index (χ3v) is 5.33. The van der Waals surface area contributed by atoms with Gasteiger partial charge in [-0.3, -0.25) is 4.90 Å². The zero-order chi connectivity index (χ0) is 14.2. The van der Waals surface area contributed by atoms with E-state index in [1.165, 1.54) is 38.2 Å². The van der Waals surface area contributed by atoms with Crippen molar-refractivity contribution in [2.24, 2.45) is 11.8 Å². The van der Waals surface area contributed by atoms with Gasteiger partial charge in [-0.1, -0.05) is 6.07 Å². The molecular weight excluding hydrogens is 264 g/mol. The zero-order valence-electron chi connectivity index (χ0n) is 12.7. The van der Waals surface area contributed by atoms with Crippen molar-refractivity contribution in [3.05, 3.63) is 23.8 Å². The van der Waals surface area contributed by atoms with E-state index in [-0.39, 0.29) is 0 Å². The van der Waals surface area contributed by atoms with Gasteiger partial charge in [-0.05, 0) is 62.4 Å². The van der Waals surface area contributed by atoms with Gasteiger partial charge in [0.05, 0.1) is 0 Å². The molecule has 1 aromatic rings. The quantitative estimate of drug-likeness (QED) is 0.917. The number of likely N-dealkylation sites (tertiary alicyclic amines) is 1. The van der Waals surface area contributed by atoms with E-state index in [0.29, 0.717) is 12.8 Å². The van der Waals surface area contributed by atoms with Crippen molar-refractivity contribution in [3.63, 3.8) is 0 Å². The number of rotatable bonds is 4. The molecule has 2 saturated heterocycles. The molecule has 4 heteroatoms. The minimum Gasteiger partial charge on any atom is -0.454 e. The molecule has 3 aliphatic rings. The van der Waals surface area contributed by atoms with Crippen molar-refractivity contribution in [2.45, 2.75) is 25.8 Å². The Morgan fingerprint density at radius 2 is 1.95 bits per heavy atom. The smallest absolute Gasteiger partial charge is 0.231 e. The van der Waals surface area contributed by atoms with Crippen molar-refractivity contribution in [3.8, 4) is 11.5 Å². The SMILES string of the molecule is CC(CCc1ccc2c(c1)OCO2)N1C[C@H]2CNC[C@H]2C1. The number of ether oxygens (including phenoxy) is 2. The second-order valence-corrected chi connectivity index (χ2v) is 6.71. The molecule has 21 heavy (non-hydrogen) atoms. The first-order valence-electron chi connectivity index (χ1n) is 8.13. The number of hydrogen-bond donors (Lipinski definition) is 1. The van der Waals surface area contributed by atoms with Crippen molar-refractivity contribution < 1.29 is 9.47 Å². The molecule has 3 atom stereocenters. The first-order valence-corrected chi connectivity index (χ1v) is 8.13. The van der Waals surface area contributed by atoms with Crippen LogP contribution < -0.4 is 14.8 Å². The van der Waals surface area contributed by atoms with Crippen LogP contribution in [0.3, 0.4) is 0 Å². The summed E-state index contributed by atoms with van der Waals surface area (Å²) in [6.07, 6.45) is 2.33. The highest BCUT2D eigenvalue weighted by atomic mass is 16.7. The highest BCUT2D eigenvalue weighted by molar-refractivity contribution is 5.44. The summed E-state index contributed by atoms with van der Waals surface area (Å²) in [6.45, 7) is 7.73. The summed E-state index contributed by atoms with van der Waals surface area (Å²) in [7, 11) is 0. The largest absolute Gasteiger partial charge is 0.454 e. The number of nitrogens with one attached hydrogen (secondary N) is 1. The van der Waals surface area contributed by atoms with Gasteiger partial charge in [0.1, 0.15) is 0 Å². The number of hydrogen-bond acceptors (Lipinski definition) is 4. The molecule has 0 aromatic heterocycles. The third-order valence-electron chi connectivity index (χ3n) is 5.33. The molecule has 2 fully saturated rings. The molecule has 1 aromatic carbocycles. The predicted octanol–water partition coefficient (Wildman–Crippen LogP) is 1.89. The molecule has 4 rings (SSSR count). The van der Waals surface area contributed by atoms with Crippen LogP contribution in [-0.4, -0.2) is 43.9 Å². The second kappa shape index (κ2) is 5.50. The average molecular weight is 288 g/mol. The topological polar surface area (TPSA) is 33.7 Å². The maximum absolute atomic E-state index is 5.46. The van der Waals surface area contributed by atoms with Gasteiger partial charge in [0.15, 0.2) is 11.5 Å². The molecule has 0 amide bonds. The van der Waals surface area contributed by atoms with E-state index in [1.54, 1.807) is 0 Å². The van der Waals surface area contributed by atoms with Crippen LogP contribution in [0.15, 0.2) is 18.2 Å². The summed E-state index contributed by atoms with van der Waals surface area (Å²) in [6, 6.07) is 7.01. The van der Waals surface area contributed by atoms with Crippen LogP contribution >= 0.6 is 0 Å². The monoisotopic (exact) mass is 288 g/mol. The van der Waals surface area contributed by atoms with Crippen LogP contribution in [-0.2, 0) is 6.42 Å². The summed E-state index contributed by atoms with van der Waals surface area (Å²) in [5, 5.41) is 3.51. The van der Waals surface area contributed by atoms with Crippen molar-refractivity contribution in [2.75, 3.05) is 33.0 Å². The summed E-state index contributed by atoms with van der Waals surface area (Å²) < 4.78 is 10.8. The van der Waals surface area contributed by atoms with Gasteiger partial charge >= 0.3 is 0 Å². The van der Waals surface area contributed by atoms with E-state index in [0.717, 1.165) is 29.8 Å². The lowest BCUT2D eigenvalue weighted by Crippen LogP contribution is -2.34. The minimum absolute atomic E-state index is 0.361. The minimum atomic E-state index is 0.361. The maximum Gasteiger partial charge on any atom is 0.231 e. The highest BCUT2D eigenvalue weighted by Crippen LogP contribution is 2.33. The first kappa shape index (κ1) is 13.4. The van der Waals surface area contributed by atoms with Crippen LogP contribution in [0.5, 0.6) is 11.5 Å². The van der Waals surface area contributed by atoms with E-state index in [1.807, 2.05) is 6.07 Å². The number of aryl methyl sites for hydroxylation is 1. The average Bonchev–Trinajstić information content (AvgIpc) is 3.18. The Labute approximate surface area is 126 Å². The molecule has 3 aliphatic heterocycles. The van der Waals surface area contributed by atoms with E-state index in [2.05, 4.69) is 29.3 Å². The van der Waals surface area contributed by atoms with Gasteiger partial charge in [-0.25, -0.2) is 0 Å². The molecule has 0 aliphatic carbocycles. The molecule has 0 saturated carbocycles. The molecule has 1 N–H and O–H groups in total. The van der Waals surface area contributed by atoms with Crippen molar-refractivity contribution >= 4 is 0 Å². The standard InChI is InChI=1S/C17H24N2O2/c1-12(19-9-14-7-18-8-15(14)10-19)2-3-13-4-5-16-17(6-13)21-11-20-16/h4-6,12,14-15,18H,2-3,7-11H2,1H3/t12?,14-,15+. The molecule has 114 valence electrons. The summed E-state index contributed by atoms with van der Waals surface area (Å²) in [5.41, 5.74) is 1.35. The van der Waals surface area contributed by atoms with Crippen LogP contribution in [0, 0.1) is 11.8 Å². The van der Waals surface area contributed by atoms with Crippen LogP contribution in [0.25, 0.3) is 0 Å². The third kappa shape index (κ3) is 2.62. The van der Waals surface area contributed by atoms with Crippen LogP contribution in [0.2, 0.25) is 0 Å². The number of nitrogens with zero attached hydrogens (tertiary/aromatic N) is 1. The fraction of sp³-hybridized carbons (Fsp3) is 0.647. The Kier molecular flexibility index (Phi) is 3.51. The fourth-order valence-corrected chi connectivity index (χ4v) is 3.91. The van der Waals surface area contributed by atoms with Gasteiger partial charge in [0.2, 0.25) is 6.79 Å². The molecule has 0 bridgehead atoms. The predicted molar refractivity (Wildman–Crippen MR) is 81.8 cm³/mol. The fourth-order valence-electron chi connectivity index (χ4n) is 3.91. The zero-order valence-corrected chi connectivity index (χ0v) is 12.7. The van der Waals surface area contributed by atoms with E-state index in [4.69, 9.17) is 9.47 Å². The molecule has 3 heterocycles. The van der Waals surface area contributed by atoms with Gasteiger partial charge in [0, 0.05) is 19.1 Å². The number of fused-ring (bicyclic) bond motifs is 2. The summed E-state index contributed by atoms with van der Waals surface area (Å²) in [5.74, 6) is 3.56. The molecule has 1 unspecified atom stereocenters. The van der Waals surface area contributed by atoms with Gasteiger partial charge in [-0.15, -0.1) is 0 Å². The highest BCUT2D eigenvalue weighted by Gasteiger charge is 2.37. The van der Waals surface area contributed by atoms with Crippen LogP contribution in [0.1, 0.15) is 18.9 Å².